The molecule has 0 radical (unpaired) electrons. The fourth-order valence-corrected chi connectivity index (χ4v) is 2.26. The summed E-state index contributed by atoms with van der Waals surface area (Å²) in [5.41, 5.74) is 1.41. The quantitative estimate of drug-likeness (QED) is 0.721. The smallest absolute Gasteiger partial charge is 0.255 e. The molecule has 1 aromatic carbocycles. The van der Waals surface area contributed by atoms with E-state index < -0.39 is 0 Å². The Balaban J connectivity index is 1.77. The molecule has 0 atom stereocenters. The van der Waals surface area contributed by atoms with Gasteiger partial charge < -0.3 is 4.90 Å². The summed E-state index contributed by atoms with van der Waals surface area (Å²) in [5.74, 6) is -0.0294. The van der Waals surface area contributed by atoms with Gasteiger partial charge >= 0.3 is 0 Å². The van der Waals surface area contributed by atoms with E-state index in [1.54, 1.807) is 29.0 Å². The molecule has 0 unspecified atom stereocenters. The molecule has 3 aromatic rings. The predicted octanol–water partition coefficient (Wildman–Crippen LogP) is 1.84. The molecule has 112 valence electrons. The van der Waals surface area contributed by atoms with Crippen LogP contribution in [0.15, 0.2) is 61.2 Å². The highest BCUT2D eigenvalue weighted by molar-refractivity contribution is 5.97. The molecule has 0 bridgehead atoms. The molecular formula is C16H17N5O. The van der Waals surface area contributed by atoms with Crippen LogP contribution in [0.1, 0.15) is 10.4 Å². The van der Waals surface area contributed by atoms with Crippen molar-refractivity contribution in [2.24, 2.45) is 0 Å². The van der Waals surface area contributed by atoms with Gasteiger partial charge in [-0.1, -0.05) is 12.1 Å². The highest BCUT2D eigenvalue weighted by Crippen LogP contribution is 2.15. The van der Waals surface area contributed by atoms with Crippen LogP contribution in [-0.2, 0) is 6.54 Å². The van der Waals surface area contributed by atoms with Crippen molar-refractivity contribution in [1.82, 2.24) is 24.5 Å². The Morgan fingerprint density at radius 1 is 1.09 bits per heavy atom. The molecule has 0 aliphatic heterocycles. The summed E-state index contributed by atoms with van der Waals surface area (Å²) in [4.78, 5) is 14.4. The van der Waals surface area contributed by atoms with E-state index in [9.17, 15) is 4.79 Å². The number of likely N-dealkylation sites (N-methyl/N-ethyl adjacent to an activating group) is 1. The number of amides is 1. The first-order valence-electron chi connectivity index (χ1n) is 7.07. The number of hydrogen-bond donors (Lipinski definition) is 0. The second-order valence-corrected chi connectivity index (χ2v) is 4.96. The first kappa shape index (κ1) is 14.1. The zero-order valence-electron chi connectivity index (χ0n) is 12.3. The Hall–Kier alpha value is -2.89. The predicted molar refractivity (Wildman–Crippen MR) is 82.8 cm³/mol. The van der Waals surface area contributed by atoms with E-state index in [4.69, 9.17) is 0 Å². The van der Waals surface area contributed by atoms with Crippen molar-refractivity contribution in [3.63, 3.8) is 0 Å². The maximum absolute atomic E-state index is 12.7. The number of carbonyl (C=O) groups is 1. The van der Waals surface area contributed by atoms with E-state index in [0.717, 1.165) is 5.69 Å². The van der Waals surface area contributed by atoms with Gasteiger partial charge in [-0.3, -0.25) is 9.48 Å². The second-order valence-electron chi connectivity index (χ2n) is 4.96. The number of nitrogens with zero attached hydrogens (tertiary/aromatic N) is 5. The van der Waals surface area contributed by atoms with Crippen molar-refractivity contribution in [2.45, 2.75) is 6.54 Å². The molecule has 6 heteroatoms. The Labute approximate surface area is 128 Å². The molecule has 3 rings (SSSR count). The van der Waals surface area contributed by atoms with E-state index in [1.165, 1.54) is 0 Å². The normalized spacial score (nSPS) is 10.6. The molecule has 0 saturated heterocycles. The molecule has 2 aromatic heterocycles. The van der Waals surface area contributed by atoms with E-state index >= 15 is 0 Å². The lowest BCUT2D eigenvalue weighted by Gasteiger charge is -2.19. The number of benzene rings is 1. The lowest BCUT2D eigenvalue weighted by molar-refractivity contribution is 0.0789. The van der Waals surface area contributed by atoms with Crippen LogP contribution >= 0.6 is 0 Å². The summed E-state index contributed by atoms with van der Waals surface area (Å²) in [5, 5.41) is 8.35. The summed E-state index contributed by atoms with van der Waals surface area (Å²) in [6.45, 7) is 1.26. The maximum atomic E-state index is 12.7. The minimum Gasteiger partial charge on any atom is -0.340 e. The van der Waals surface area contributed by atoms with Crippen molar-refractivity contribution in [1.29, 1.82) is 0 Å². The van der Waals surface area contributed by atoms with Gasteiger partial charge in [-0.25, -0.2) is 4.68 Å². The van der Waals surface area contributed by atoms with E-state index in [0.29, 0.717) is 18.7 Å². The Morgan fingerprint density at radius 3 is 2.59 bits per heavy atom. The molecule has 0 fully saturated rings. The Kier molecular flexibility index (Phi) is 4.00. The van der Waals surface area contributed by atoms with E-state index in [2.05, 4.69) is 10.2 Å². The van der Waals surface area contributed by atoms with Crippen LogP contribution < -0.4 is 0 Å². The minimum absolute atomic E-state index is 0.0294. The SMILES string of the molecule is CN(CCn1cccn1)C(=O)c1ccccc1-n1cccn1. The first-order chi connectivity index (χ1) is 10.8. The van der Waals surface area contributed by atoms with Gasteiger partial charge in [-0.15, -0.1) is 0 Å². The molecule has 22 heavy (non-hydrogen) atoms. The van der Waals surface area contributed by atoms with E-state index in [1.807, 2.05) is 53.5 Å². The average Bonchev–Trinajstić information content (AvgIpc) is 3.25. The first-order valence-corrected chi connectivity index (χ1v) is 7.07. The highest BCUT2D eigenvalue weighted by atomic mass is 16.2. The van der Waals surface area contributed by atoms with Crippen LogP contribution in [0.4, 0.5) is 0 Å². The lowest BCUT2D eigenvalue weighted by Crippen LogP contribution is -2.31. The Bertz CT molecular complexity index is 734. The summed E-state index contributed by atoms with van der Waals surface area (Å²) in [6, 6.07) is 11.2. The van der Waals surface area contributed by atoms with Crippen LogP contribution in [0.5, 0.6) is 0 Å². The average molecular weight is 295 g/mol. The van der Waals surface area contributed by atoms with Gasteiger partial charge in [-0.2, -0.15) is 10.2 Å². The van der Waals surface area contributed by atoms with E-state index in [-0.39, 0.29) is 5.91 Å². The van der Waals surface area contributed by atoms with Gasteiger partial charge in [0.2, 0.25) is 0 Å². The van der Waals surface area contributed by atoms with Crippen LogP contribution in [-0.4, -0.2) is 44.0 Å². The van der Waals surface area contributed by atoms with Crippen LogP contribution in [0, 0.1) is 0 Å². The molecule has 2 heterocycles. The van der Waals surface area contributed by atoms with Crippen molar-refractivity contribution in [3.05, 3.63) is 66.7 Å². The van der Waals surface area contributed by atoms with Gasteiger partial charge in [0.15, 0.2) is 0 Å². The van der Waals surface area contributed by atoms with Crippen molar-refractivity contribution < 1.29 is 4.79 Å². The lowest BCUT2D eigenvalue weighted by atomic mass is 10.1. The number of hydrogen-bond acceptors (Lipinski definition) is 3. The summed E-state index contributed by atoms with van der Waals surface area (Å²) in [6.07, 6.45) is 7.14. The van der Waals surface area contributed by atoms with Crippen LogP contribution in [0.3, 0.4) is 0 Å². The monoisotopic (exact) mass is 295 g/mol. The van der Waals surface area contributed by atoms with Crippen molar-refractivity contribution in [3.8, 4) is 5.69 Å². The molecule has 6 nitrogen and oxygen atoms in total. The molecule has 0 N–H and O–H groups in total. The van der Waals surface area contributed by atoms with Gasteiger partial charge in [0.25, 0.3) is 5.91 Å². The number of rotatable bonds is 5. The zero-order valence-corrected chi connectivity index (χ0v) is 12.3. The van der Waals surface area contributed by atoms with Crippen molar-refractivity contribution in [2.75, 3.05) is 13.6 Å². The summed E-state index contributed by atoms with van der Waals surface area (Å²) < 4.78 is 3.51. The Morgan fingerprint density at radius 2 is 1.86 bits per heavy atom. The van der Waals surface area contributed by atoms with Gasteiger partial charge in [0.1, 0.15) is 0 Å². The van der Waals surface area contributed by atoms with Gasteiger partial charge in [0, 0.05) is 38.4 Å². The zero-order chi connectivity index (χ0) is 15.4. The molecular weight excluding hydrogens is 278 g/mol. The number of carbonyl (C=O) groups excluding carboxylic acids is 1. The summed E-state index contributed by atoms with van der Waals surface area (Å²) >= 11 is 0. The van der Waals surface area contributed by atoms with Crippen LogP contribution in [0.2, 0.25) is 0 Å². The third kappa shape index (κ3) is 2.90. The fourth-order valence-electron chi connectivity index (χ4n) is 2.26. The van der Waals surface area contributed by atoms with Gasteiger partial charge in [0.05, 0.1) is 17.8 Å². The van der Waals surface area contributed by atoms with Gasteiger partial charge in [-0.05, 0) is 24.3 Å². The minimum atomic E-state index is -0.0294. The fraction of sp³-hybridized carbons (Fsp3) is 0.188. The third-order valence-corrected chi connectivity index (χ3v) is 3.46. The highest BCUT2D eigenvalue weighted by Gasteiger charge is 2.16. The van der Waals surface area contributed by atoms with Crippen LogP contribution in [0.25, 0.3) is 5.69 Å². The molecule has 1 amide bonds. The molecule has 0 saturated carbocycles. The molecule has 0 aliphatic rings. The largest absolute Gasteiger partial charge is 0.340 e. The number of aromatic nitrogens is 4. The maximum Gasteiger partial charge on any atom is 0.255 e. The van der Waals surface area contributed by atoms with Crippen molar-refractivity contribution >= 4 is 5.91 Å². The topological polar surface area (TPSA) is 56.0 Å². The molecule has 0 aliphatic carbocycles. The summed E-state index contributed by atoms with van der Waals surface area (Å²) in [7, 11) is 1.80. The third-order valence-electron chi connectivity index (χ3n) is 3.46. The standard InChI is InChI=1S/C16H17N5O/c1-19(12-13-20-10-4-8-17-20)16(22)14-6-2-3-7-15(14)21-11-5-9-18-21/h2-11H,12-13H2,1H3. The number of para-hydroxylation sites is 1. The molecule has 0 spiro atoms. The second kappa shape index (κ2) is 6.26.